The Bertz CT molecular complexity index is 1160. The fourth-order valence-corrected chi connectivity index (χ4v) is 6.94. The highest BCUT2D eigenvalue weighted by molar-refractivity contribution is 7.89. The van der Waals surface area contributed by atoms with E-state index in [1.54, 1.807) is 28.6 Å². The standard InChI is InChI=1S/C27H35ClN2O4S/c1-21-8-6-9-24(16-21)35(32,33)30-15-7-12-27(19-30,18-26(31)29-13-4-3-5-14-29)20-34-23-10-11-25(28)22(2)17-23/h6,8-11,16-17H,3-5,7,12-15,18-20H2,1-2H3/t27-/m1/s1. The Labute approximate surface area is 214 Å². The largest absolute Gasteiger partial charge is 0.493 e. The molecule has 1 atom stereocenters. The summed E-state index contributed by atoms with van der Waals surface area (Å²) in [6.07, 6.45) is 4.89. The summed E-state index contributed by atoms with van der Waals surface area (Å²) in [7, 11) is -3.68. The molecule has 8 heteroatoms. The van der Waals surface area contributed by atoms with E-state index in [1.165, 1.54) is 0 Å². The lowest BCUT2D eigenvalue weighted by molar-refractivity contribution is -0.136. The molecule has 0 unspecified atom stereocenters. The lowest BCUT2D eigenvalue weighted by atomic mass is 9.78. The molecular formula is C27H35ClN2O4S. The minimum absolute atomic E-state index is 0.0930. The molecular weight excluding hydrogens is 484 g/mol. The Hall–Kier alpha value is -2.09. The van der Waals surface area contributed by atoms with E-state index in [-0.39, 0.29) is 25.5 Å². The molecule has 0 spiro atoms. The van der Waals surface area contributed by atoms with Crippen LogP contribution in [0.5, 0.6) is 5.75 Å². The van der Waals surface area contributed by atoms with Crippen molar-refractivity contribution >= 4 is 27.5 Å². The maximum Gasteiger partial charge on any atom is 0.243 e. The highest BCUT2D eigenvalue weighted by atomic mass is 35.5. The van der Waals surface area contributed by atoms with Crippen molar-refractivity contribution in [3.63, 3.8) is 0 Å². The molecule has 190 valence electrons. The molecule has 4 rings (SSSR count). The quantitative estimate of drug-likeness (QED) is 0.504. The lowest BCUT2D eigenvalue weighted by Gasteiger charge is -2.42. The van der Waals surface area contributed by atoms with E-state index in [4.69, 9.17) is 16.3 Å². The number of halogens is 1. The Morgan fingerprint density at radius 3 is 2.51 bits per heavy atom. The van der Waals surface area contributed by atoms with Crippen molar-refractivity contribution in [3.05, 3.63) is 58.6 Å². The molecule has 0 bridgehead atoms. The van der Waals surface area contributed by atoms with Gasteiger partial charge in [-0.15, -0.1) is 0 Å². The summed E-state index contributed by atoms with van der Waals surface area (Å²) in [5, 5.41) is 0.667. The molecule has 2 aliphatic rings. The summed E-state index contributed by atoms with van der Waals surface area (Å²) in [6.45, 7) is 6.33. The van der Waals surface area contributed by atoms with Gasteiger partial charge in [0.2, 0.25) is 15.9 Å². The maximum absolute atomic E-state index is 13.5. The van der Waals surface area contributed by atoms with Crippen LogP contribution in [-0.2, 0) is 14.8 Å². The monoisotopic (exact) mass is 518 g/mol. The number of carbonyl (C=O) groups excluding carboxylic acids is 1. The first-order valence-electron chi connectivity index (χ1n) is 12.4. The van der Waals surface area contributed by atoms with E-state index in [0.717, 1.165) is 49.9 Å². The molecule has 2 aromatic carbocycles. The molecule has 2 aliphatic heterocycles. The van der Waals surface area contributed by atoms with Gasteiger partial charge in [-0.25, -0.2) is 8.42 Å². The van der Waals surface area contributed by atoms with E-state index >= 15 is 0 Å². The number of piperidine rings is 2. The van der Waals surface area contributed by atoms with Crippen LogP contribution in [-0.4, -0.2) is 56.3 Å². The van der Waals surface area contributed by atoms with E-state index < -0.39 is 15.4 Å². The molecule has 2 heterocycles. The van der Waals surface area contributed by atoms with Gasteiger partial charge < -0.3 is 9.64 Å². The third-order valence-corrected chi connectivity index (χ3v) is 9.43. The number of hydrogen-bond acceptors (Lipinski definition) is 4. The molecule has 35 heavy (non-hydrogen) atoms. The topological polar surface area (TPSA) is 66.9 Å². The average molecular weight is 519 g/mol. The van der Waals surface area contributed by atoms with Crippen molar-refractivity contribution in [1.29, 1.82) is 0 Å². The van der Waals surface area contributed by atoms with Crippen molar-refractivity contribution < 1.29 is 17.9 Å². The first-order valence-corrected chi connectivity index (χ1v) is 14.2. The lowest BCUT2D eigenvalue weighted by Crippen LogP contribution is -2.51. The zero-order chi connectivity index (χ0) is 25.1. The van der Waals surface area contributed by atoms with Crippen LogP contribution >= 0.6 is 11.6 Å². The van der Waals surface area contributed by atoms with Gasteiger partial charge in [0.05, 0.1) is 11.5 Å². The molecule has 0 N–H and O–H groups in total. The highest BCUT2D eigenvalue weighted by Crippen LogP contribution is 2.38. The number of nitrogens with zero attached hydrogens (tertiary/aromatic N) is 2. The number of likely N-dealkylation sites (tertiary alicyclic amines) is 1. The number of aryl methyl sites for hydroxylation is 2. The van der Waals surface area contributed by atoms with Gasteiger partial charge in [0.1, 0.15) is 5.75 Å². The predicted octanol–water partition coefficient (Wildman–Crippen LogP) is 5.21. The van der Waals surface area contributed by atoms with Gasteiger partial charge in [0.25, 0.3) is 0 Å². The molecule has 0 aliphatic carbocycles. The van der Waals surface area contributed by atoms with Crippen LogP contribution in [0.25, 0.3) is 0 Å². The van der Waals surface area contributed by atoms with Crippen LogP contribution < -0.4 is 4.74 Å². The molecule has 0 saturated carbocycles. The first-order chi connectivity index (χ1) is 16.7. The van der Waals surface area contributed by atoms with Crippen LogP contribution in [0.3, 0.4) is 0 Å². The van der Waals surface area contributed by atoms with Gasteiger partial charge in [0, 0.05) is 43.0 Å². The number of rotatable bonds is 7. The van der Waals surface area contributed by atoms with Crippen LogP contribution in [0.1, 0.15) is 49.7 Å². The third-order valence-electron chi connectivity index (χ3n) is 7.16. The maximum atomic E-state index is 13.5. The van der Waals surface area contributed by atoms with Crippen molar-refractivity contribution in [2.24, 2.45) is 5.41 Å². The average Bonchev–Trinajstić information content (AvgIpc) is 2.85. The fourth-order valence-electron chi connectivity index (χ4n) is 5.13. The number of benzene rings is 2. The second-order valence-electron chi connectivity index (χ2n) is 10.1. The summed E-state index contributed by atoms with van der Waals surface area (Å²) in [5.41, 5.74) is 1.21. The Balaban J connectivity index is 1.59. The molecule has 1 amide bonds. The minimum Gasteiger partial charge on any atom is -0.493 e. The molecule has 0 aromatic heterocycles. The van der Waals surface area contributed by atoms with Crippen molar-refractivity contribution in [3.8, 4) is 5.75 Å². The molecule has 2 aromatic rings. The predicted molar refractivity (Wildman–Crippen MR) is 138 cm³/mol. The third kappa shape index (κ3) is 6.19. The van der Waals surface area contributed by atoms with Crippen LogP contribution in [0, 0.1) is 19.3 Å². The minimum atomic E-state index is -3.68. The summed E-state index contributed by atoms with van der Waals surface area (Å²) >= 11 is 6.17. The van der Waals surface area contributed by atoms with E-state index in [2.05, 4.69) is 0 Å². The van der Waals surface area contributed by atoms with Crippen molar-refractivity contribution in [1.82, 2.24) is 9.21 Å². The number of ether oxygens (including phenoxy) is 1. The normalized spacial score (nSPS) is 21.6. The van der Waals surface area contributed by atoms with Gasteiger partial charge in [-0.2, -0.15) is 4.31 Å². The van der Waals surface area contributed by atoms with E-state index in [1.807, 2.05) is 36.9 Å². The van der Waals surface area contributed by atoms with Crippen LogP contribution in [0.15, 0.2) is 47.4 Å². The van der Waals surface area contributed by atoms with Gasteiger partial charge in [-0.1, -0.05) is 23.7 Å². The van der Waals surface area contributed by atoms with Crippen molar-refractivity contribution in [2.45, 2.75) is 57.3 Å². The number of hydrogen-bond donors (Lipinski definition) is 0. The fraction of sp³-hybridized carbons (Fsp3) is 0.519. The van der Waals surface area contributed by atoms with Crippen molar-refractivity contribution in [2.75, 3.05) is 32.8 Å². The Morgan fingerprint density at radius 1 is 1.03 bits per heavy atom. The van der Waals surface area contributed by atoms with Gasteiger partial charge in [-0.3, -0.25) is 4.79 Å². The number of sulfonamides is 1. The van der Waals surface area contributed by atoms with Gasteiger partial charge in [-0.05, 0) is 87.4 Å². The van der Waals surface area contributed by atoms with Crippen LogP contribution in [0.4, 0.5) is 0 Å². The second-order valence-corrected chi connectivity index (χ2v) is 12.4. The zero-order valence-electron chi connectivity index (χ0n) is 20.6. The first kappa shape index (κ1) is 26.0. The molecule has 2 saturated heterocycles. The molecule has 0 radical (unpaired) electrons. The smallest absolute Gasteiger partial charge is 0.243 e. The number of amides is 1. The van der Waals surface area contributed by atoms with Crippen LogP contribution in [0.2, 0.25) is 5.02 Å². The Kier molecular flexibility index (Phi) is 8.09. The SMILES string of the molecule is Cc1cccc(S(=O)(=O)N2CCC[C@@](COc3ccc(Cl)c(C)c3)(CC(=O)N3CCCCC3)C2)c1. The molecule has 2 fully saturated rings. The highest BCUT2D eigenvalue weighted by Gasteiger charge is 2.43. The number of carbonyl (C=O) groups is 1. The summed E-state index contributed by atoms with van der Waals surface area (Å²) in [4.78, 5) is 15.6. The second kappa shape index (κ2) is 10.9. The summed E-state index contributed by atoms with van der Waals surface area (Å²) in [6, 6.07) is 12.5. The summed E-state index contributed by atoms with van der Waals surface area (Å²) < 4.78 is 34.8. The zero-order valence-corrected chi connectivity index (χ0v) is 22.2. The molecule has 6 nitrogen and oxygen atoms in total. The van der Waals surface area contributed by atoms with E-state index in [0.29, 0.717) is 28.6 Å². The summed E-state index contributed by atoms with van der Waals surface area (Å²) in [5.74, 6) is 0.769. The Morgan fingerprint density at radius 2 is 1.80 bits per heavy atom. The van der Waals surface area contributed by atoms with E-state index in [9.17, 15) is 13.2 Å². The van der Waals surface area contributed by atoms with Gasteiger partial charge >= 0.3 is 0 Å². The van der Waals surface area contributed by atoms with Gasteiger partial charge in [0.15, 0.2) is 0 Å².